The molecule has 1 amide bonds. The zero-order valence-corrected chi connectivity index (χ0v) is 20.2. The van der Waals surface area contributed by atoms with E-state index in [-0.39, 0.29) is 11.3 Å². The number of amides is 1. The third kappa shape index (κ3) is 4.12. The second kappa shape index (κ2) is 9.67. The lowest BCUT2D eigenvalue weighted by molar-refractivity contribution is -0.132. The van der Waals surface area contributed by atoms with Crippen LogP contribution in [0.25, 0.3) is 16.5 Å². The summed E-state index contributed by atoms with van der Waals surface area (Å²) in [6.07, 6.45) is 3.21. The van der Waals surface area contributed by atoms with Gasteiger partial charge in [-0.3, -0.25) is 14.5 Å². The molecule has 7 nitrogen and oxygen atoms in total. The fourth-order valence-corrected chi connectivity index (χ4v) is 4.90. The molecule has 180 valence electrons. The van der Waals surface area contributed by atoms with Gasteiger partial charge >= 0.3 is 5.91 Å². The highest BCUT2D eigenvalue weighted by Crippen LogP contribution is 2.43. The normalized spacial score (nSPS) is 16.9. The Morgan fingerprint density at radius 2 is 1.81 bits per heavy atom. The van der Waals surface area contributed by atoms with Gasteiger partial charge in [0.1, 0.15) is 23.9 Å². The first-order valence-corrected chi connectivity index (χ1v) is 12.0. The average molecular weight is 499 g/mol. The molecule has 1 aromatic heterocycles. The van der Waals surface area contributed by atoms with Gasteiger partial charge in [-0.1, -0.05) is 43.0 Å². The van der Waals surface area contributed by atoms with Crippen molar-refractivity contribution in [1.82, 2.24) is 4.98 Å². The van der Waals surface area contributed by atoms with E-state index in [4.69, 9.17) is 9.47 Å². The van der Waals surface area contributed by atoms with Gasteiger partial charge in [-0.25, -0.2) is 4.98 Å². The molecule has 3 aromatic carbocycles. The van der Waals surface area contributed by atoms with Crippen molar-refractivity contribution in [3.8, 4) is 11.5 Å². The lowest BCUT2D eigenvalue weighted by Gasteiger charge is -2.23. The Bertz CT molecular complexity index is 1490. The van der Waals surface area contributed by atoms with Crippen molar-refractivity contribution in [2.75, 3.05) is 18.6 Å². The predicted molar refractivity (Wildman–Crippen MR) is 140 cm³/mol. The van der Waals surface area contributed by atoms with E-state index in [0.29, 0.717) is 34.4 Å². The SMILES string of the molecule is C=CCOc1ccc(C2/C(=C(\O)c3ccc4cc(OC)ccc4c3)C(=O)C(=O)N2c2nccs2)cc1. The molecule has 1 saturated heterocycles. The van der Waals surface area contributed by atoms with E-state index in [1.165, 1.54) is 16.2 Å². The maximum atomic E-state index is 13.3. The van der Waals surface area contributed by atoms with Crippen molar-refractivity contribution >= 4 is 44.7 Å². The molecule has 1 aliphatic rings. The van der Waals surface area contributed by atoms with Gasteiger partial charge in [0.25, 0.3) is 5.78 Å². The number of aliphatic hydroxyl groups excluding tert-OH is 1. The number of aliphatic hydroxyl groups is 1. The third-order valence-electron chi connectivity index (χ3n) is 5.95. The molecule has 1 aliphatic heterocycles. The molecule has 0 saturated carbocycles. The van der Waals surface area contributed by atoms with Gasteiger partial charge in [0, 0.05) is 17.1 Å². The smallest absolute Gasteiger partial charge is 0.301 e. The molecule has 1 unspecified atom stereocenters. The number of ketones is 1. The van der Waals surface area contributed by atoms with E-state index < -0.39 is 17.7 Å². The summed E-state index contributed by atoms with van der Waals surface area (Å²) in [4.78, 5) is 32.1. The summed E-state index contributed by atoms with van der Waals surface area (Å²) >= 11 is 1.24. The Morgan fingerprint density at radius 3 is 2.50 bits per heavy atom. The maximum Gasteiger partial charge on any atom is 0.301 e. The lowest BCUT2D eigenvalue weighted by atomic mass is 9.94. The summed E-state index contributed by atoms with van der Waals surface area (Å²) in [5, 5.41) is 15.3. The molecule has 8 heteroatoms. The van der Waals surface area contributed by atoms with Crippen molar-refractivity contribution < 1.29 is 24.2 Å². The number of fused-ring (bicyclic) bond motifs is 1. The van der Waals surface area contributed by atoms with Crippen LogP contribution in [0.3, 0.4) is 0 Å². The van der Waals surface area contributed by atoms with Crippen LogP contribution in [0.1, 0.15) is 17.2 Å². The van der Waals surface area contributed by atoms with E-state index in [9.17, 15) is 14.7 Å². The van der Waals surface area contributed by atoms with E-state index >= 15 is 0 Å². The van der Waals surface area contributed by atoms with Crippen LogP contribution in [0.15, 0.2) is 90.5 Å². The van der Waals surface area contributed by atoms with Crippen LogP contribution in [0, 0.1) is 0 Å². The summed E-state index contributed by atoms with van der Waals surface area (Å²) in [5.74, 6) is -0.422. The van der Waals surface area contributed by atoms with E-state index in [2.05, 4.69) is 11.6 Å². The Morgan fingerprint density at radius 1 is 1.08 bits per heavy atom. The van der Waals surface area contributed by atoms with Crippen LogP contribution >= 0.6 is 11.3 Å². The van der Waals surface area contributed by atoms with Gasteiger partial charge in [-0.15, -0.1) is 11.3 Å². The van der Waals surface area contributed by atoms with E-state index in [1.807, 2.05) is 24.3 Å². The summed E-state index contributed by atoms with van der Waals surface area (Å²) in [6.45, 7) is 4.00. The van der Waals surface area contributed by atoms with Crippen molar-refractivity contribution in [1.29, 1.82) is 0 Å². The lowest BCUT2D eigenvalue weighted by Crippen LogP contribution is -2.29. The largest absolute Gasteiger partial charge is 0.507 e. The van der Waals surface area contributed by atoms with Crippen molar-refractivity contribution in [2.24, 2.45) is 0 Å². The second-order valence-corrected chi connectivity index (χ2v) is 8.95. The molecule has 5 rings (SSSR count). The number of Topliss-reactive ketones (excluding diaryl/α,β-unsaturated/α-hetero) is 1. The van der Waals surface area contributed by atoms with Crippen molar-refractivity contribution in [3.63, 3.8) is 0 Å². The molecule has 4 aromatic rings. The van der Waals surface area contributed by atoms with Crippen LogP contribution in [0.5, 0.6) is 11.5 Å². The molecular weight excluding hydrogens is 476 g/mol. The number of ether oxygens (including phenoxy) is 2. The topological polar surface area (TPSA) is 89.0 Å². The molecule has 0 bridgehead atoms. The number of aromatic nitrogens is 1. The molecule has 0 spiro atoms. The summed E-state index contributed by atoms with van der Waals surface area (Å²) in [7, 11) is 1.60. The minimum atomic E-state index is -0.851. The predicted octanol–water partition coefficient (Wildman–Crippen LogP) is 5.50. The van der Waals surface area contributed by atoms with Crippen LogP contribution in [0.2, 0.25) is 0 Å². The molecule has 2 heterocycles. The first kappa shape index (κ1) is 23.3. The van der Waals surface area contributed by atoms with Gasteiger partial charge in [-0.2, -0.15) is 0 Å². The summed E-state index contributed by atoms with van der Waals surface area (Å²) in [6, 6.07) is 17.1. The first-order chi connectivity index (χ1) is 17.5. The van der Waals surface area contributed by atoms with Crippen LogP contribution in [-0.4, -0.2) is 35.5 Å². The quantitative estimate of drug-likeness (QED) is 0.157. The molecule has 0 aliphatic carbocycles. The minimum absolute atomic E-state index is 0.00261. The van der Waals surface area contributed by atoms with Crippen LogP contribution in [0.4, 0.5) is 5.13 Å². The van der Waals surface area contributed by atoms with Crippen molar-refractivity contribution in [3.05, 3.63) is 102 Å². The van der Waals surface area contributed by atoms with Gasteiger partial charge in [-0.05, 0) is 46.7 Å². The van der Waals surface area contributed by atoms with Crippen LogP contribution in [-0.2, 0) is 9.59 Å². The molecule has 1 atom stereocenters. The number of thiazole rings is 1. The highest BCUT2D eigenvalue weighted by molar-refractivity contribution is 7.14. The second-order valence-electron chi connectivity index (χ2n) is 8.08. The monoisotopic (exact) mass is 498 g/mol. The van der Waals surface area contributed by atoms with Crippen LogP contribution < -0.4 is 14.4 Å². The number of hydrogen-bond donors (Lipinski definition) is 1. The highest BCUT2D eigenvalue weighted by Gasteiger charge is 2.48. The summed E-state index contributed by atoms with van der Waals surface area (Å²) in [5.41, 5.74) is 1.07. The highest BCUT2D eigenvalue weighted by atomic mass is 32.1. The molecular formula is C28H22N2O5S. The number of methoxy groups -OCH3 is 1. The van der Waals surface area contributed by atoms with Gasteiger partial charge in [0.15, 0.2) is 5.13 Å². The Labute approximate surface area is 211 Å². The minimum Gasteiger partial charge on any atom is -0.507 e. The Hall–Kier alpha value is -4.43. The molecule has 1 N–H and O–H groups in total. The van der Waals surface area contributed by atoms with Crippen molar-refractivity contribution in [2.45, 2.75) is 6.04 Å². The standard InChI is InChI=1S/C28H22N2O5S/c1-3-13-35-21-9-6-17(7-10-21)24-23(26(32)27(33)30(24)28-29-12-14-36-28)25(31)20-5-4-19-16-22(34-2)11-8-18(19)15-20/h3-12,14-16,24,31H,1,13H2,2H3/b25-23+. The third-order valence-corrected chi connectivity index (χ3v) is 6.73. The fraction of sp³-hybridized carbons (Fsp3) is 0.107. The van der Waals surface area contributed by atoms with E-state index in [0.717, 1.165) is 10.8 Å². The van der Waals surface area contributed by atoms with E-state index in [1.54, 1.807) is 61.2 Å². The zero-order valence-electron chi connectivity index (χ0n) is 19.4. The number of carbonyl (C=O) groups is 2. The Kier molecular flexibility index (Phi) is 6.26. The number of carbonyl (C=O) groups excluding carboxylic acids is 2. The maximum absolute atomic E-state index is 13.3. The fourth-order valence-electron chi connectivity index (χ4n) is 4.24. The van der Waals surface area contributed by atoms with Gasteiger partial charge in [0.2, 0.25) is 0 Å². The van der Waals surface area contributed by atoms with Gasteiger partial charge in [0.05, 0.1) is 18.7 Å². The average Bonchev–Trinajstić information content (AvgIpc) is 3.53. The number of hydrogen-bond acceptors (Lipinski definition) is 7. The first-order valence-electron chi connectivity index (χ1n) is 11.1. The number of nitrogens with zero attached hydrogens (tertiary/aromatic N) is 2. The zero-order chi connectivity index (χ0) is 25.2. The Balaban J connectivity index is 1.64. The molecule has 0 radical (unpaired) electrons. The number of anilines is 1. The summed E-state index contributed by atoms with van der Waals surface area (Å²) < 4.78 is 10.9. The molecule has 36 heavy (non-hydrogen) atoms. The molecule has 1 fully saturated rings. The number of rotatable bonds is 7. The number of benzene rings is 3. The van der Waals surface area contributed by atoms with Gasteiger partial charge < -0.3 is 14.6 Å².